The van der Waals surface area contributed by atoms with Crippen LogP contribution in [0.4, 0.5) is 4.39 Å². The number of halogens is 1. The second-order valence-corrected chi connectivity index (χ2v) is 4.72. The average Bonchev–Trinajstić information content (AvgIpc) is 2.30. The monoisotopic (exact) mass is 238 g/mol. The summed E-state index contributed by atoms with van der Waals surface area (Å²) in [4.78, 5) is 3.90. The van der Waals surface area contributed by atoms with Gasteiger partial charge < -0.3 is 10.1 Å². The van der Waals surface area contributed by atoms with Gasteiger partial charge in [0.15, 0.2) is 0 Å². The smallest absolute Gasteiger partial charge is 0.141 e. The number of hydrogen-bond donors (Lipinski definition) is 1. The Morgan fingerprint density at radius 2 is 2.41 bits per heavy atom. The van der Waals surface area contributed by atoms with Gasteiger partial charge in [-0.2, -0.15) is 0 Å². The predicted molar refractivity (Wildman–Crippen MR) is 64.2 cm³/mol. The van der Waals surface area contributed by atoms with Gasteiger partial charge in [-0.25, -0.2) is 4.39 Å². The van der Waals surface area contributed by atoms with Gasteiger partial charge in [0.1, 0.15) is 5.82 Å². The van der Waals surface area contributed by atoms with E-state index in [0.717, 1.165) is 24.9 Å². The molecule has 1 aromatic heterocycles. The van der Waals surface area contributed by atoms with Crippen LogP contribution in [0.5, 0.6) is 0 Å². The molecule has 0 spiro atoms. The fraction of sp³-hybridized carbons (Fsp3) is 0.615. The van der Waals surface area contributed by atoms with Crippen LogP contribution >= 0.6 is 0 Å². The third kappa shape index (κ3) is 2.82. The minimum Gasteiger partial charge on any atom is -0.370 e. The summed E-state index contributed by atoms with van der Waals surface area (Å²) in [5.74, 6) is -0.308. The van der Waals surface area contributed by atoms with Crippen molar-refractivity contribution in [3.8, 4) is 0 Å². The summed E-state index contributed by atoms with van der Waals surface area (Å²) in [6, 6.07) is 1.95. The summed E-state index contributed by atoms with van der Waals surface area (Å²) in [5.41, 5.74) is 0.389. The van der Waals surface area contributed by atoms with Gasteiger partial charge in [0, 0.05) is 24.4 Å². The molecule has 17 heavy (non-hydrogen) atoms. The van der Waals surface area contributed by atoms with E-state index in [9.17, 15) is 4.39 Å². The van der Waals surface area contributed by atoms with E-state index in [1.807, 2.05) is 6.92 Å². The molecule has 0 bridgehead atoms. The highest BCUT2D eigenvalue weighted by Crippen LogP contribution is 2.34. The molecule has 0 radical (unpaired) electrons. The maximum absolute atomic E-state index is 13.2. The lowest BCUT2D eigenvalue weighted by Crippen LogP contribution is -2.43. The number of pyridine rings is 1. The first-order valence-corrected chi connectivity index (χ1v) is 6.12. The quantitative estimate of drug-likeness (QED) is 0.876. The van der Waals surface area contributed by atoms with Crippen LogP contribution in [-0.4, -0.2) is 24.2 Å². The third-order valence-corrected chi connectivity index (χ3v) is 3.33. The molecule has 1 N–H and O–H groups in total. The number of aromatic nitrogens is 1. The van der Waals surface area contributed by atoms with Crippen LogP contribution in [0.1, 0.15) is 32.3 Å². The zero-order valence-electron chi connectivity index (χ0n) is 10.4. The summed E-state index contributed by atoms with van der Waals surface area (Å²) in [5, 5.41) is 3.43. The molecule has 2 rings (SSSR count). The Labute approximate surface area is 101 Å². The molecule has 2 heterocycles. The summed E-state index contributed by atoms with van der Waals surface area (Å²) < 4.78 is 19.0. The molecule has 1 aliphatic rings. The van der Waals surface area contributed by atoms with Crippen LogP contribution in [0.3, 0.4) is 0 Å². The molecule has 1 fully saturated rings. The molecule has 0 amide bonds. The van der Waals surface area contributed by atoms with E-state index in [2.05, 4.69) is 17.2 Å². The molecular weight excluding hydrogens is 219 g/mol. The summed E-state index contributed by atoms with van der Waals surface area (Å²) in [6.45, 7) is 5.75. The van der Waals surface area contributed by atoms with E-state index in [1.165, 1.54) is 12.3 Å². The van der Waals surface area contributed by atoms with Crippen molar-refractivity contribution in [2.24, 2.45) is 0 Å². The third-order valence-electron chi connectivity index (χ3n) is 3.33. The van der Waals surface area contributed by atoms with Gasteiger partial charge in [-0.1, -0.05) is 6.92 Å². The summed E-state index contributed by atoms with van der Waals surface area (Å²) in [7, 11) is 0. The van der Waals surface area contributed by atoms with E-state index in [0.29, 0.717) is 12.6 Å². The molecule has 94 valence electrons. The molecule has 0 aliphatic carbocycles. The number of hydrogen-bond acceptors (Lipinski definition) is 3. The van der Waals surface area contributed by atoms with E-state index in [4.69, 9.17) is 4.74 Å². The fourth-order valence-electron chi connectivity index (χ4n) is 2.42. The lowest BCUT2D eigenvalue weighted by Gasteiger charge is -2.38. The number of nitrogens with one attached hydrogen (secondary N) is 1. The summed E-state index contributed by atoms with van der Waals surface area (Å²) >= 11 is 0. The Morgan fingerprint density at radius 1 is 1.59 bits per heavy atom. The number of rotatable bonds is 3. The zero-order valence-corrected chi connectivity index (χ0v) is 10.4. The van der Waals surface area contributed by atoms with Crippen molar-refractivity contribution >= 4 is 0 Å². The maximum Gasteiger partial charge on any atom is 0.141 e. The maximum atomic E-state index is 13.2. The van der Waals surface area contributed by atoms with Crippen LogP contribution < -0.4 is 5.32 Å². The molecule has 3 nitrogen and oxygen atoms in total. The average molecular weight is 238 g/mol. The highest BCUT2D eigenvalue weighted by molar-refractivity contribution is 5.19. The molecule has 4 heteroatoms. The molecule has 2 atom stereocenters. The second-order valence-electron chi connectivity index (χ2n) is 4.72. The van der Waals surface area contributed by atoms with Crippen LogP contribution in [-0.2, 0) is 10.3 Å². The predicted octanol–water partition coefficient (Wildman–Crippen LogP) is 2.22. The Kier molecular flexibility index (Phi) is 3.74. The van der Waals surface area contributed by atoms with E-state index in [-0.39, 0.29) is 5.82 Å². The lowest BCUT2D eigenvalue weighted by atomic mass is 9.86. The molecule has 1 aliphatic heterocycles. The molecule has 1 aromatic rings. The Hall–Kier alpha value is -1.00. The molecular formula is C13H19FN2O. The highest BCUT2D eigenvalue weighted by Gasteiger charge is 2.35. The van der Waals surface area contributed by atoms with E-state index >= 15 is 0 Å². The normalized spacial score (nSPS) is 29.2. The SMILES string of the molecule is CCNC1CCOC(C)(c2cncc(F)c2)C1. The molecule has 1 saturated heterocycles. The van der Waals surface area contributed by atoms with Gasteiger partial charge in [0.2, 0.25) is 0 Å². The van der Waals surface area contributed by atoms with Crippen molar-refractivity contribution in [3.63, 3.8) is 0 Å². The lowest BCUT2D eigenvalue weighted by molar-refractivity contribution is -0.0814. The summed E-state index contributed by atoms with van der Waals surface area (Å²) in [6.07, 6.45) is 4.77. The minimum atomic E-state index is -0.430. The first-order chi connectivity index (χ1) is 8.14. The van der Waals surface area contributed by atoms with Crippen molar-refractivity contribution in [3.05, 3.63) is 29.8 Å². The van der Waals surface area contributed by atoms with Crippen LogP contribution in [0, 0.1) is 5.82 Å². The zero-order chi connectivity index (χ0) is 12.3. The van der Waals surface area contributed by atoms with Gasteiger partial charge in [-0.15, -0.1) is 0 Å². The Balaban J connectivity index is 2.17. The van der Waals surface area contributed by atoms with Crippen LogP contribution in [0.25, 0.3) is 0 Å². The van der Waals surface area contributed by atoms with Gasteiger partial charge >= 0.3 is 0 Å². The van der Waals surface area contributed by atoms with Crippen molar-refractivity contribution in [1.29, 1.82) is 0 Å². The minimum absolute atomic E-state index is 0.308. The fourth-order valence-corrected chi connectivity index (χ4v) is 2.42. The van der Waals surface area contributed by atoms with Crippen molar-refractivity contribution in [2.45, 2.75) is 38.3 Å². The molecule has 2 unspecified atom stereocenters. The van der Waals surface area contributed by atoms with Gasteiger partial charge in [-0.05, 0) is 32.4 Å². The van der Waals surface area contributed by atoms with Crippen molar-refractivity contribution in [2.75, 3.05) is 13.2 Å². The van der Waals surface area contributed by atoms with Gasteiger partial charge in [-0.3, -0.25) is 4.98 Å². The molecule has 0 aromatic carbocycles. The number of nitrogens with zero attached hydrogens (tertiary/aromatic N) is 1. The first-order valence-electron chi connectivity index (χ1n) is 6.12. The largest absolute Gasteiger partial charge is 0.370 e. The van der Waals surface area contributed by atoms with Crippen LogP contribution in [0.15, 0.2) is 18.5 Å². The van der Waals surface area contributed by atoms with Crippen LogP contribution in [0.2, 0.25) is 0 Å². The first kappa shape index (κ1) is 12.5. The highest BCUT2D eigenvalue weighted by atomic mass is 19.1. The van der Waals surface area contributed by atoms with E-state index < -0.39 is 5.60 Å². The molecule has 0 saturated carbocycles. The van der Waals surface area contributed by atoms with Crippen molar-refractivity contribution in [1.82, 2.24) is 10.3 Å². The van der Waals surface area contributed by atoms with Gasteiger partial charge in [0.05, 0.1) is 11.8 Å². The topological polar surface area (TPSA) is 34.1 Å². The second kappa shape index (κ2) is 5.10. The Morgan fingerprint density at radius 3 is 3.12 bits per heavy atom. The van der Waals surface area contributed by atoms with Crippen molar-refractivity contribution < 1.29 is 9.13 Å². The number of ether oxygens (including phenoxy) is 1. The van der Waals surface area contributed by atoms with Gasteiger partial charge in [0.25, 0.3) is 0 Å². The van der Waals surface area contributed by atoms with E-state index in [1.54, 1.807) is 6.20 Å². The Bertz CT molecular complexity index is 383. The standard InChI is InChI=1S/C13H19FN2O/c1-3-16-12-4-5-17-13(2,7-12)10-6-11(14)9-15-8-10/h6,8-9,12,16H,3-5,7H2,1-2H3.